The summed E-state index contributed by atoms with van der Waals surface area (Å²) in [7, 11) is -9.69. The van der Waals surface area contributed by atoms with Crippen LogP contribution < -0.4 is 0 Å². The van der Waals surface area contributed by atoms with E-state index in [9.17, 15) is 13.9 Å². The van der Waals surface area contributed by atoms with E-state index in [1.54, 1.807) is 6.92 Å². The molecule has 0 aliphatic rings. The van der Waals surface area contributed by atoms with Crippen LogP contribution in [-0.4, -0.2) is 54.8 Å². The number of aliphatic hydroxyl groups is 2. The Morgan fingerprint density at radius 3 is 2.08 bits per heavy atom. The van der Waals surface area contributed by atoms with Crippen LogP contribution >= 0.6 is 15.6 Å². The smallest absolute Gasteiger partial charge is 0.481 e. The Hall–Kier alpha value is -0.610. The summed E-state index contributed by atoms with van der Waals surface area (Å²) in [6.45, 7) is 6.18. The lowest BCUT2D eigenvalue weighted by atomic mass is 9.99. The van der Waals surface area contributed by atoms with Gasteiger partial charge in [-0.15, -0.1) is 6.58 Å². The lowest BCUT2D eigenvalue weighted by Crippen LogP contribution is -2.28. The van der Waals surface area contributed by atoms with Crippen LogP contribution in [0.5, 0.6) is 0 Å². The molecule has 24 heavy (non-hydrogen) atoms. The number of rotatable bonds is 10. The average Bonchev–Trinajstić information content (AvgIpc) is 2.22. The number of phosphoric ester groups is 1. The summed E-state index contributed by atoms with van der Waals surface area (Å²) in [4.78, 5) is 35.2. The third-order valence-corrected chi connectivity index (χ3v) is 4.36. The quantitative estimate of drug-likeness (QED) is 0.226. The van der Waals surface area contributed by atoms with Crippen LogP contribution in [0.25, 0.3) is 0 Å². The monoisotopic (exact) mass is 394 g/mol. The molecule has 0 aromatic carbocycles. The van der Waals surface area contributed by atoms with E-state index >= 15 is 0 Å². The number of carboxylic acids is 1. The van der Waals surface area contributed by atoms with Gasteiger partial charge in [-0.25, -0.2) is 9.13 Å². The van der Waals surface area contributed by atoms with Gasteiger partial charge in [-0.05, 0) is 26.7 Å². The van der Waals surface area contributed by atoms with Gasteiger partial charge in [0.1, 0.15) is 0 Å². The van der Waals surface area contributed by atoms with Crippen LogP contribution in [0.3, 0.4) is 0 Å². The van der Waals surface area contributed by atoms with E-state index < -0.39 is 27.2 Å². The first-order chi connectivity index (χ1) is 10.6. The molecule has 0 amide bonds. The van der Waals surface area contributed by atoms with Gasteiger partial charge in [0.25, 0.3) is 0 Å². The minimum absolute atomic E-state index is 0.0965. The fraction of sp³-hybridized carbons (Fsp3) is 0.727. The number of aliphatic hydroxyl groups excluding tert-OH is 1. The Labute approximate surface area is 139 Å². The van der Waals surface area contributed by atoms with Crippen molar-refractivity contribution in [2.24, 2.45) is 0 Å². The van der Waals surface area contributed by atoms with Gasteiger partial charge in [0, 0.05) is 6.61 Å². The van der Waals surface area contributed by atoms with E-state index in [4.69, 9.17) is 30.0 Å². The summed E-state index contributed by atoms with van der Waals surface area (Å²) in [6.07, 6.45) is 0.0714. The fourth-order valence-electron chi connectivity index (χ4n) is 1.15. The molecule has 11 nitrogen and oxygen atoms in total. The number of carbonyl (C=O) groups is 1. The standard InChI is InChI=1S/C6H12O4.C5H12O7P2/c1-6(10,2-3-7)4-5(8)9;1-5(2)3-4-11-14(9,10)12-13(6,7)8/h7,10H,2-4H2,1H3,(H,8,9);1,3-4H2,2H3,(H,9,10)(H2,6,7,8)/t6-;/m1./s1. The molecule has 0 bridgehead atoms. The third-order valence-electron chi connectivity index (χ3n) is 2.18. The van der Waals surface area contributed by atoms with Crippen LogP contribution in [0, 0.1) is 0 Å². The van der Waals surface area contributed by atoms with Crippen molar-refractivity contribution in [1.29, 1.82) is 0 Å². The zero-order chi connectivity index (χ0) is 19.6. The van der Waals surface area contributed by atoms with E-state index in [2.05, 4.69) is 15.4 Å². The minimum atomic E-state index is -5.01. The van der Waals surface area contributed by atoms with Crippen molar-refractivity contribution in [3.63, 3.8) is 0 Å². The zero-order valence-electron chi connectivity index (χ0n) is 13.4. The Bertz CT molecular complexity index is 496. The first kappa shape index (κ1) is 25.6. The van der Waals surface area contributed by atoms with Gasteiger partial charge in [0.15, 0.2) is 0 Å². The van der Waals surface area contributed by atoms with Crippen molar-refractivity contribution < 1.29 is 52.8 Å². The second kappa shape index (κ2) is 11.1. The third kappa shape index (κ3) is 19.4. The van der Waals surface area contributed by atoms with Crippen molar-refractivity contribution in [3.8, 4) is 0 Å². The SMILES string of the molecule is C=C(C)CCOP(=O)(O)OP(=O)(O)O.C[C@@](O)(CCO)CC(=O)O. The highest BCUT2D eigenvalue weighted by Crippen LogP contribution is 2.57. The minimum Gasteiger partial charge on any atom is -0.481 e. The van der Waals surface area contributed by atoms with Crippen LogP contribution in [0.15, 0.2) is 12.2 Å². The van der Waals surface area contributed by atoms with Gasteiger partial charge in [0.2, 0.25) is 0 Å². The maximum Gasteiger partial charge on any atom is 0.481 e. The maximum atomic E-state index is 10.8. The van der Waals surface area contributed by atoms with Crippen molar-refractivity contribution in [2.45, 2.75) is 38.7 Å². The molecule has 0 heterocycles. The van der Waals surface area contributed by atoms with Gasteiger partial charge in [-0.3, -0.25) is 9.32 Å². The summed E-state index contributed by atoms with van der Waals surface area (Å²) < 4.78 is 28.8. The molecule has 0 saturated carbocycles. The van der Waals surface area contributed by atoms with Gasteiger partial charge in [0.05, 0.1) is 18.6 Å². The first-order valence-corrected chi connectivity index (χ1v) is 9.56. The molecule has 6 N–H and O–H groups in total. The van der Waals surface area contributed by atoms with Crippen LogP contribution in [0.2, 0.25) is 0 Å². The lowest BCUT2D eigenvalue weighted by molar-refractivity contribution is -0.142. The molecule has 0 aliphatic heterocycles. The maximum absolute atomic E-state index is 10.8. The molecule has 0 aromatic heterocycles. The molecule has 2 atom stereocenters. The highest BCUT2D eigenvalue weighted by Gasteiger charge is 2.31. The highest BCUT2D eigenvalue weighted by atomic mass is 31.3. The van der Waals surface area contributed by atoms with Crippen molar-refractivity contribution in [3.05, 3.63) is 12.2 Å². The molecule has 0 spiro atoms. The number of hydrogen-bond donors (Lipinski definition) is 6. The van der Waals surface area contributed by atoms with Gasteiger partial charge in [-0.2, -0.15) is 4.31 Å². The molecule has 0 rings (SSSR count). The number of hydrogen-bond acceptors (Lipinski definition) is 7. The topological polar surface area (TPSA) is 191 Å². The van der Waals surface area contributed by atoms with Crippen molar-refractivity contribution in [1.82, 2.24) is 0 Å². The summed E-state index contributed by atoms with van der Waals surface area (Å²) in [6, 6.07) is 0. The molecule has 0 fully saturated rings. The molecule has 1 unspecified atom stereocenters. The summed E-state index contributed by atoms with van der Waals surface area (Å²) >= 11 is 0. The summed E-state index contributed by atoms with van der Waals surface area (Å²) in [5.41, 5.74) is -0.568. The number of phosphoric acid groups is 2. The largest absolute Gasteiger partial charge is 0.481 e. The van der Waals surface area contributed by atoms with E-state index in [0.29, 0.717) is 12.0 Å². The normalized spacial score (nSPS) is 16.3. The molecule has 13 heteroatoms. The van der Waals surface area contributed by atoms with E-state index in [0.717, 1.165) is 0 Å². The summed E-state index contributed by atoms with van der Waals surface area (Å²) in [5, 5.41) is 25.7. The molecule has 0 aliphatic carbocycles. The summed E-state index contributed by atoms with van der Waals surface area (Å²) in [5.74, 6) is -1.06. The van der Waals surface area contributed by atoms with E-state index in [1.807, 2.05) is 0 Å². The molecule has 0 aromatic rings. The molecule has 0 saturated heterocycles. The van der Waals surface area contributed by atoms with E-state index in [1.165, 1.54) is 6.92 Å². The number of carboxylic acid groups (broad SMARTS) is 1. The molecule has 0 radical (unpaired) electrons. The Kier molecular flexibility index (Phi) is 11.8. The Balaban J connectivity index is 0. The molecular weight excluding hydrogens is 370 g/mol. The second-order valence-corrected chi connectivity index (χ2v) is 7.95. The van der Waals surface area contributed by atoms with Crippen molar-refractivity contribution in [2.75, 3.05) is 13.2 Å². The number of aliphatic carboxylic acids is 1. The highest BCUT2D eigenvalue weighted by molar-refractivity contribution is 7.60. The molecular formula is C11H24O11P2. The van der Waals surface area contributed by atoms with Crippen molar-refractivity contribution >= 4 is 21.6 Å². The first-order valence-electron chi connectivity index (χ1n) is 6.54. The van der Waals surface area contributed by atoms with Crippen LogP contribution in [-0.2, 0) is 22.8 Å². The Morgan fingerprint density at radius 2 is 1.75 bits per heavy atom. The zero-order valence-corrected chi connectivity index (χ0v) is 15.2. The lowest BCUT2D eigenvalue weighted by Gasteiger charge is -2.18. The molecule has 144 valence electrons. The van der Waals surface area contributed by atoms with E-state index in [-0.39, 0.29) is 26.1 Å². The predicted molar refractivity (Wildman–Crippen MR) is 82.9 cm³/mol. The predicted octanol–water partition coefficient (Wildman–Crippen LogP) is 0.773. The second-order valence-electron chi connectivity index (χ2n) is 5.12. The van der Waals surface area contributed by atoms with Gasteiger partial charge >= 0.3 is 21.6 Å². The Morgan fingerprint density at radius 1 is 1.25 bits per heavy atom. The van der Waals surface area contributed by atoms with Gasteiger partial charge in [-0.1, -0.05) is 5.57 Å². The fourth-order valence-corrected chi connectivity index (χ4v) is 2.73. The van der Waals surface area contributed by atoms with Crippen LogP contribution in [0.1, 0.15) is 33.1 Å². The van der Waals surface area contributed by atoms with Gasteiger partial charge < -0.3 is 30.0 Å². The van der Waals surface area contributed by atoms with Crippen LogP contribution in [0.4, 0.5) is 0 Å². The average molecular weight is 394 g/mol.